The molecule has 0 saturated carbocycles. The Bertz CT molecular complexity index is 1140. The summed E-state index contributed by atoms with van der Waals surface area (Å²) in [5.74, 6) is 0. The van der Waals surface area contributed by atoms with Crippen molar-refractivity contribution in [2.45, 2.75) is 22.9 Å². The minimum atomic E-state index is 0.195. The van der Waals surface area contributed by atoms with Gasteiger partial charge in [0, 0.05) is 32.9 Å². The van der Waals surface area contributed by atoms with Gasteiger partial charge in [0.2, 0.25) is 0 Å². The minimum Gasteiger partial charge on any atom is -0.370 e. The SMILES string of the molecule is N#CC(NCc1ccc(Cl)cc1)=C(C#N)NCc1ccccc1Sc1ccc(Cl)cc1. The predicted octanol–water partition coefficient (Wildman–Crippen LogP) is 6.28. The van der Waals surface area contributed by atoms with Gasteiger partial charge < -0.3 is 10.6 Å². The van der Waals surface area contributed by atoms with E-state index in [1.807, 2.05) is 60.7 Å². The van der Waals surface area contributed by atoms with Crippen LogP contribution >= 0.6 is 35.0 Å². The fourth-order valence-corrected chi connectivity index (χ4v) is 3.92. The molecule has 0 radical (unpaired) electrons. The van der Waals surface area contributed by atoms with Crippen LogP contribution in [0.1, 0.15) is 11.1 Å². The first kappa shape index (κ1) is 22.6. The van der Waals surface area contributed by atoms with Crippen molar-refractivity contribution in [3.05, 3.63) is 105 Å². The smallest absolute Gasteiger partial charge is 0.148 e. The first-order chi connectivity index (χ1) is 15.1. The number of hydrogen-bond donors (Lipinski definition) is 2. The largest absolute Gasteiger partial charge is 0.370 e. The van der Waals surface area contributed by atoms with E-state index in [0.29, 0.717) is 23.1 Å². The molecule has 0 aromatic heterocycles. The van der Waals surface area contributed by atoms with Gasteiger partial charge in [-0.05, 0) is 53.6 Å². The average Bonchev–Trinajstić information content (AvgIpc) is 2.79. The summed E-state index contributed by atoms with van der Waals surface area (Å²) < 4.78 is 0. The summed E-state index contributed by atoms with van der Waals surface area (Å²) in [6.07, 6.45) is 0. The molecule has 0 atom stereocenters. The van der Waals surface area contributed by atoms with Crippen LogP contribution in [0.5, 0.6) is 0 Å². The zero-order valence-electron chi connectivity index (χ0n) is 16.4. The lowest BCUT2D eigenvalue weighted by atomic mass is 10.2. The van der Waals surface area contributed by atoms with Gasteiger partial charge >= 0.3 is 0 Å². The highest BCUT2D eigenvalue weighted by molar-refractivity contribution is 7.99. The molecule has 0 saturated heterocycles. The fourth-order valence-electron chi connectivity index (χ4n) is 2.72. The second-order valence-corrected chi connectivity index (χ2v) is 8.46. The Morgan fingerprint density at radius 2 is 1.29 bits per heavy atom. The van der Waals surface area contributed by atoms with E-state index in [9.17, 15) is 10.5 Å². The van der Waals surface area contributed by atoms with Crippen LogP contribution in [0.15, 0.2) is 94.0 Å². The molecule has 3 rings (SSSR count). The van der Waals surface area contributed by atoms with Crippen molar-refractivity contribution in [1.29, 1.82) is 10.5 Å². The number of allylic oxidation sites excluding steroid dienone is 2. The molecule has 0 fully saturated rings. The van der Waals surface area contributed by atoms with Crippen LogP contribution in [0.2, 0.25) is 10.0 Å². The van der Waals surface area contributed by atoms with Crippen LogP contribution in [0.3, 0.4) is 0 Å². The van der Waals surface area contributed by atoms with Crippen molar-refractivity contribution in [2.75, 3.05) is 0 Å². The maximum Gasteiger partial charge on any atom is 0.148 e. The van der Waals surface area contributed by atoms with E-state index < -0.39 is 0 Å². The van der Waals surface area contributed by atoms with Gasteiger partial charge in [0.05, 0.1) is 0 Å². The Labute approximate surface area is 196 Å². The highest BCUT2D eigenvalue weighted by Crippen LogP contribution is 2.31. The van der Waals surface area contributed by atoms with Crippen molar-refractivity contribution < 1.29 is 0 Å². The predicted molar refractivity (Wildman–Crippen MR) is 125 cm³/mol. The fraction of sp³-hybridized carbons (Fsp3) is 0.0833. The monoisotopic (exact) mass is 464 g/mol. The molecule has 31 heavy (non-hydrogen) atoms. The third kappa shape index (κ3) is 6.70. The summed E-state index contributed by atoms with van der Waals surface area (Å²) in [6, 6.07) is 27.0. The van der Waals surface area contributed by atoms with Crippen LogP contribution < -0.4 is 10.6 Å². The van der Waals surface area contributed by atoms with Crippen LogP contribution in [0.25, 0.3) is 0 Å². The van der Waals surface area contributed by atoms with E-state index >= 15 is 0 Å². The van der Waals surface area contributed by atoms with Gasteiger partial charge in [-0.2, -0.15) is 10.5 Å². The van der Waals surface area contributed by atoms with Gasteiger partial charge in [0.15, 0.2) is 0 Å². The van der Waals surface area contributed by atoms with Gasteiger partial charge in [-0.1, -0.05) is 65.3 Å². The van der Waals surface area contributed by atoms with Crippen LogP contribution in [0.4, 0.5) is 0 Å². The molecule has 0 bridgehead atoms. The molecule has 0 aliphatic carbocycles. The van der Waals surface area contributed by atoms with Crippen molar-refractivity contribution in [2.24, 2.45) is 0 Å². The molecule has 7 heteroatoms. The summed E-state index contributed by atoms with van der Waals surface area (Å²) in [5.41, 5.74) is 2.37. The van der Waals surface area contributed by atoms with Crippen LogP contribution in [-0.4, -0.2) is 0 Å². The number of nitrogens with zero attached hydrogens (tertiary/aromatic N) is 2. The molecule has 0 amide bonds. The lowest BCUT2D eigenvalue weighted by Gasteiger charge is -2.12. The Hall–Kier alpha value is -3.09. The number of nitriles is 2. The van der Waals surface area contributed by atoms with Gasteiger partial charge in [0.1, 0.15) is 23.5 Å². The molecule has 3 aromatic rings. The normalized spacial score (nSPS) is 11.1. The maximum absolute atomic E-state index is 9.57. The zero-order valence-corrected chi connectivity index (χ0v) is 18.7. The van der Waals surface area contributed by atoms with Gasteiger partial charge in [-0.15, -0.1) is 0 Å². The molecule has 3 aromatic carbocycles. The van der Waals surface area contributed by atoms with Crippen molar-refractivity contribution >= 4 is 35.0 Å². The first-order valence-corrected chi connectivity index (χ1v) is 10.9. The van der Waals surface area contributed by atoms with E-state index in [4.69, 9.17) is 23.2 Å². The molecular formula is C24H18Cl2N4S. The van der Waals surface area contributed by atoms with Gasteiger partial charge in [-0.25, -0.2) is 0 Å². The first-order valence-electron chi connectivity index (χ1n) is 9.37. The summed E-state index contributed by atoms with van der Waals surface area (Å²) in [6.45, 7) is 0.823. The number of nitrogens with one attached hydrogen (secondary N) is 2. The molecule has 0 unspecified atom stereocenters. The summed E-state index contributed by atoms with van der Waals surface area (Å²) in [7, 11) is 0. The number of benzene rings is 3. The standard InChI is InChI=1S/C24H18Cl2N4S/c25-19-7-5-17(6-8-19)15-29-22(13-27)23(14-28)30-16-18-3-1-2-4-24(18)31-21-11-9-20(26)10-12-21/h1-12,29-30H,15-16H2. The quantitative estimate of drug-likeness (QED) is 0.383. The zero-order chi connectivity index (χ0) is 22.1. The highest BCUT2D eigenvalue weighted by atomic mass is 35.5. The second-order valence-electron chi connectivity index (χ2n) is 6.47. The van der Waals surface area contributed by atoms with Crippen molar-refractivity contribution in [3.63, 3.8) is 0 Å². The van der Waals surface area contributed by atoms with E-state index in [1.165, 1.54) is 0 Å². The van der Waals surface area contributed by atoms with E-state index in [1.54, 1.807) is 23.9 Å². The third-order valence-corrected chi connectivity index (χ3v) is 5.96. The lowest BCUT2D eigenvalue weighted by Crippen LogP contribution is -2.21. The Balaban J connectivity index is 1.70. The molecule has 2 N–H and O–H groups in total. The van der Waals surface area contributed by atoms with E-state index in [-0.39, 0.29) is 11.4 Å². The molecule has 154 valence electrons. The molecule has 4 nitrogen and oxygen atoms in total. The molecule has 0 spiro atoms. The number of hydrogen-bond acceptors (Lipinski definition) is 5. The van der Waals surface area contributed by atoms with E-state index in [0.717, 1.165) is 20.9 Å². The van der Waals surface area contributed by atoms with Crippen molar-refractivity contribution in [1.82, 2.24) is 10.6 Å². The number of halogens is 2. The Kier molecular flexibility index (Phi) is 8.27. The molecule has 0 aliphatic heterocycles. The topological polar surface area (TPSA) is 71.6 Å². The maximum atomic E-state index is 9.57. The average molecular weight is 465 g/mol. The second kappa shape index (κ2) is 11.3. The van der Waals surface area contributed by atoms with E-state index in [2.05, 4.69) is 22.8 Å². The molecular weight excluding hydrogens is 447 g/mol. The molecule has 0 heterocycles. The van der Waals surface area contributed by atoms with Crippen LogP contribution in [0, 0.1) is 22.7 Å². The van der Waals surface area contributed by atoms with Gasteiger partial charge in [0.25, 0.3) is 0 Å². The minimum absolute atomic E-state index is 0.195. The summed E-state index contributed by atoms with van der Waals surface area (Å²) in [5, 5.41) is 26.6. The lowest BCUT2D eigenvalue weighted by molar-refractivity contribution is 0.768. The van der Waals surface area contributed by atoms with Crippen molar-refractivity contribution in [3.8, 4) is 12.1 Å². The Morgan fingerprint density at radius 3 is 1.90 bits per heavy atom. The Morgan fingerprint density at radius 1 is 0.742 bits per heavy atom. The highest BCUT2D eigenvalue weighted by Gasteiger charge is 2.09. The summed E-state index contributed by atoms with van der Waals surface area (Å²) in [4.78, 5) is 2.12. The summed E-state index contributed by atoms with van der Waals surface area (Å²) >= 11 is 13.5. The van der Waals surface area contributed by atoms with Crippen LogP contribution in [-0.2, 0) is 13.1 Å². The number of rotatable bonds is 8. The molecule has 0 aliphatic rings. The third-order valence-electron chi connectivity index (χ3n) is 4.33. The van der Waals surface area contributed by atoms with Gasteiger partial charge in [-0.3, -0.25) is 0 Å².